The maximum Gasteiger partial charge on any atom is 0.217 e. The fourth-order valence-corrected chi connectivity index (χ4v) is 1.63. The summed E-state index contributed by atoms with van der Waals surface area (Å²) in [6.07, 6.45) is 2.80. The summed E-state index contributed by atoms with van der Waals surface area (Å²) in [4.78, 5) is 10.6. The molecule has 0 fully saturated rings. The Kier molecular flexibility index (Phi) is 3.49. The first-order chi connectivity index (χ1) is 8.27. The second kappa shape index (κ2) is 5.25. The molecule has 0 saturated carbocycles. The van der Waals surface area contributed by atoms with Gasteiger partial charge in [-0.05, 0) is 6.42 Å². The van der Waals surface area contributed by atoms with Gasteiger partial charge in [0.2, 0.25) is 5.91 Å². The number of nitrogens with one attached hydrogen (secondary N) is 1. The molecule has 2 aromatic rings. The minimum Gasteiger partial charge on any atom is -0.370 e. The van der Waals surface area contributed by atoms with Crippen molar-refractivity contribution >= 4 is 22.5 Å². The lowest BCUT2D eigenvalue weighted by atomic mass is 10.2. The Morgan fingerprint density at radius 1 is 1.35 bits per heavy atom. The number of amides is 1. The highest BCUT2D eigenvalue weighted by molar-refractivity contribution is 5.90. The van der Waals surface area contributed by atoms with Crippen molar-refractivity contribution in [1.82, 2.24) is 10.2 Å². The van der Waals surface area contributed by atoms with Gasteiger partial charge in [-0.3, -0.25) is 4.79 Å². The number of fused-ring (bicyclic) bond motifs is 1. The Morgan fingerprint density at radius 2 is 2.18 bits per heavy atom. The standard InChI is InChI=1S/C12H14N4O/c13-11(17)6-3-7-14-12-10-5-2-1-4-9(10)8-15-16-12/h1-2,4-5,8H,3,6-7H2,(H2,13,17)(H,14,16). The first-order valence-corrected chi connectivity index (χ1v) is 5.50. The molecular weight excluding hydrogens is 216 g/mol. The molecule has 0 unspecified atom stereocenters. The van der Waals surface area contributed by atoms with Crippen LogP contribution in [0.2, 0.25) is 0 Å². The zero-order chi connectivity index (χ0) is 12.1. The molecule has 0 aliphatic carbocycles. The van der Waals surface area contributed by atoms with E-state index in [-0.39, 0.29) is 5.91 Å². The molecule has 1 heterocycles. The van der Waals surface area contributed by atoms with E-state index in [0.29, 0.717) is 19.4 Å². The maximum atomic E-state index is 10.6. The predicted octanol–water partition coefficient (Wildman–Crippen LogP) is 1.31. The third-order valence-corrected chi connectivity index (χ3v) is 2.46. The number of anilines is 1. The normalized spacial score (nSPS) is 10.4. The quantitative estimate of drug-likeness (QED) is 0.759. The summed E-state index contributed by atoms with van der Waals surface area (Å²) >= 11 is 0. The molecule has 2 rings (SSSR count). The molecule has 1 aromatic carbocycles. The monoisotopic (exact) mass is 230 g/mol. The van der Waals surface area contributed by atoms with Crippen molar-refractivity contribution in [2.45, 2.75) is 12.8 Å². The highest BCUT2D eigenvalue weighted by Gasteiger charge is 2.02. The van der Waals surface area contributed by atoms with Gasteiger partial charge in [-0.1, -0.05) is 24.3 Å². The molecule has 5 heteroatoms. The van der Waals surface area contributed by atoms with Crippen molar-refractivity contribution < 1.29 is 4.79 Å². The maximum absolute atomic E-state index is 10.6. The van der Waals surface area contributed by atoms with E-state index in [1.165, 1.54) is 0 Å². The number of hydrogen-bond donors (Lipinski definition) is 2. The van der Waals surface area contributed by atoms with Crippen LogP contribution in [0.25, 0.3) is 10.8 Å². The molecule has 0 aliphatic rings. The van der Waals surface area contributed by atoms with Crippen LogP contribution < -0.4 is 11.1 Å². The number of carbonyl (C=O) groups is 1. The van der Waals surface area contributed by atoms with E-state index in [9.17, 15) is 4.79 Å². The molecule has 88 valence electrons. The van der Waals surface area contributed by atoms with Crippen molar-refractivity contribution in [2.24, 2.45) is 5.73 Å². The Balaban J connectivity index is 2.05. The zero-order valence-corrected chi connectivity index (χ0v) is 9.39. The van der Waals surface area contributed by atoms with Gasteiger partial charge < -0.3 is 11.1 Å². The van der Waals surface area contributed by atoms with Gasteiger partial charge in [0.05, 0.1) is 6.20 Å². The summed E-state index contributed by atoms with van der Waals surface area (Å²) < 4.78 is 0. The average molecular weight is 230 g/mol. The van der Waals surface area contributed by atoms with Crippen molar-refractivity contribution in [3.05, 3.63) is 30.5 Å². The second-order valence-corrected chi connectivity index (χ2v) is 3.78. The Hall–Kier alpha value is -2.17. The number of nitrogens with zero attached hydrogens (tertiary/aromatic N) is 2. The summed E-state index contributed by atoms with van der Waals surface area (Å²) in [6, 6.07) is 7.89. The van der Waals surface area contributed by atoms with E-state index >= 15 is 0 Å². The third kappa shape index (κ3) is 2.90. The molecule has 0 radical (unpaired) electrons. The molecule has 3 N–H and O–H groups in total. The summed E-state index contributed by atoms with van der Waals surface area (Å²) in [7, 11) is 0. The highest BCUT2D eigenvalue weighted by atomic mass is 16.1. The minimum atomic E-state index is -0.282. The van der Waals surface area contributed by atoms with E-state index in [2.05, 4.69) is 15.5 Å². The Bertz CT molecular complexity index is 521. The van der Waals surface area contributed by atoms with Gasteiger partial charge in [0, 0.05) is 23.7 Å². The van der Waals surface area contributed by atoms with Gasteiger partial charge >= 0.3 is 0 Å². The fourth-order valence-electron chi connectivity index (χ4n) is 1.63. The van der Waals surface area contributed by atoms with Gasteiger partial charge in [0.15, 0.2) is 5.82 Å². The van der Waals surface area contributed by atoms with Gasteiger partial charge in [-0.15, -0.1) is 5.10 Å². The molecule has 5 nitrogen and oxygen atoms in total. The van der Waals surface area contributed by atoms with E-state index in [1.807, 2.05) is 24.3 Å². The van der Waals surface area contributed by atoms with Crippen molar-refractivity contribution in [3.8, 4) is 0 Å². The third-order valence-electron chi connectivity index (χ3n) is 2.46. The average Bonchev–Trinajstić information content (AvgIpc) is 2.34. The van der Waals surface area contributed by atoms with E-state index in [1.54, 1.807) is 6.20 Å². The summed E-state index contributed by atoms with van der Waals surface area (Å²) in [5.41, 5.74) is 5.07. The van der Waals surface area contributed by atoms with E-state index < -0.39 is 0 Å². The molecule has 0 aliphatic heterocycles. The number of primary amides is 1. The van der Waals surface area contributed by atoms with Gasteiger partial charge in [-0.25, -0.2) is 0 Å². The molecule has 1 aromatic heterocycles. The van der Waals surface area contributed by atoms with Crippen LogP contribution in [0.5, 0.6) is 0 Å². The first kappa shape index (κ1) is 11.3. The lowest BCUT2D eigenvalue weighted by Gasteiger charge is -2.06. The SMILES string of the molecule is NC(=O)CCCNc1nncc2ccccc12. The molecule has 0 saturated heterocycles. The number of nitrogens with two attached hydrogens (primary N) is 1. The van der Waals surface area contributed by atoms with Crippen LogP contribution in [-0.2, 0) is 4.79 Å². The Morgan fingerprint density at radius 3 is 3.00 bits per heavy atom. The summed E-state index contributed by atoms with van der Waals surface area (Å²) in [6.45, 7) is 0.658. The number of aromatic nitrogens is 2. The molecule has 1 amide bonds. The molecule has 0 spiro atoms. The van der Waals surface area contributed by atoms with Crippen LogP contribution in [-0.4, -0.2) is 22.6 Å². The van der Waals surface area contributed by atoms with Gasteiger partial charge in [0.1, 0.15) is 0 Å². The number of carbonyl (C=O) groups excluding carboxylic acids is 1. The van der Waals surface area contributed by atoms with E-state index in [4.69, 9.17) is 5.73 Å². The van der Waals surface area contributed by atoms with Gasteiger partial charge in [-0.2, -0.15) is 5.10 Å². The molecule has 0 atom stereocenters. The smallest absolute Gasteiger partial charge is 0.217 e. The van der Waals surface area contributed by atoms with E-state index in [0.717, 1.165) is 16.6 Å². The minimum absolute atomic E-state index is 0.282. The predicted molar refractivity (Wildman–Crippen MR) is 66.5 cm³/mol. The second-order valence-electron chi connectivity index (χ2n) is 3.78. The molecule has 0 bridgehead atoms. The fraction of sp³-hybridized carbons (Fsp3) is 0.250. The lowest BCUT2D eigenvalue weighted by molar-refractivity contribution is -0.118. The van der Waals surface area contributed by atoms with Crippen molar-refractivity contribution in [1.29, 1.82) is 0 Å². The van der Waals surface area contributed by atoms with Gasteiger partial charge in [0.25, 0.3) is 0 Å². The largest absolute Gasteiger partial charge is 0.370 e. The summed E-state index contributed by atoms with van der Waals surface area (Å²) in [5.74, 6) is 0.461. The highest BCUT2D eigenvalue weighted by Crippen LogP contribution is 2.18. The van der Waals surface area contributed by atoms with Crippen molar-refractivity contribution in [2.75, 3.05) is 11.9 Å². The molecule has 17 heavy (non-hydrogen) atoms. The van der Waals surface area contributed by atoms with Crippen LogP contribution >= 0.6 is 0 Å². The van der Waals surface area contributed by atoms with Crippen LogP contribution in [0.1, 0.15) is 12.8 Å². The van der Waals surface area contributed by atoms with Crippen LogP contribution in [0.4, 0.5) is 5.82 Å². The molecular formula is C12H14N4O. The Labute approximate surface area is 99.0 Å². The number of benzene rings is 1. The summed E-state index contributed by atoms with van der Waals surface area (Å²) in [5, 5.41) is 13.2. The first-order valence-electron chi connectivity index (χ1n) is 5.50. The van der Waals surface area contributed by atoms with Crippen LogP contribution in [0.15, 0.2) is 30.5 Å². The van der Waals surface area contributed by atoms with Crippen LogP contribution in [0.3, 0.4) is 0 Å². The number of hydrogen-bond acceptors (Lipinski definition) is 4. The topological polar surface area (TPSA) is 80.9 Å². The zero-order valence-electron chi connectivity index (χ0n) is 9.39. The van der Waals surface area contributed by atoms with Crippen LogP contribution in [0, 0.1) is 0 Å². The van der Waals surface area contributed by atoms with Crippen molar-refractivity contribution in [3.63, 3.8) is 0 Å². The number of rotatable bonds is 5. The lowest BCUT2D eigenvalue weighted by Crippen LogP contribution is -2.13.